The van der Waals surface area contributed by atoms with Crippen molar-refractivity contribution < 1.29 is 28.6 Å². The zero-order valence-electron chi connectivity index (χ0n) is 23.3. The smallest absolute Gasteiger partial charge is 0.328 e. The summed E-state index contributed by atoms with van der Waals surface area (Å²) in [5.41, 5.74) is 13.9. The van der Waals surface area contributed by atoms with Crippen LogP contribution in [0.15, 0.2) is 73.1 Å². The number of halogens is 2. The molecule has 8 nitrogen and oxygen atoms in total. The van der Waals surface area contributed by atoms with Gasteiger partial charge in [-0.05, 0) is 75.2 Å². The van der Waals surface area contributed by atoms with E-state index in [-0.39, 0.29) is 22.7 Å². The molecule has 2 unspecified atom stereocenters. The van der Waals surface area contributed by atoms with Crippen molar-refractivity contribution in [3.8, 4) is 0 Å². The first-order chi connectivity index (χ1) is 18.7. The number of carbonyl (C=O) groups is 2. The molecule has 0 saturated heterocycles. The first-order valence-corrected chi connectivity index (χ1v) is 12.9. The zero-order valence-corrected chi connectivity index (χ0v) is 23.3. The van der Waals surface area contributed by atoms with Gasteiger partial charge in [0.25, 0.3) is 0 Å². The van der Waals surface area contributed by atoms with Crippen molar-refractivity contribution in [2.75, 3.05) is 0 Å². The highest BCUT2D eigenvalue weighted by atomic mass is 19.1. The molecule has 2 aromatic heterocycles. The van der Waals surface area contributed by atoms with E-state index >= 15 is 0 Å². The fraction of sp³-hybridized carbons (Fsp3) is 0.333. The van der Waals surface area contributed by atoms with Crippen LogP contribution in [-0.2, 0) is 22.7 Å². The van der Waals surface area contributed by atoms with Crippen LogP contribution >= 0.6 is 0 Å². The number of hydrogen-bond donors (Lipinski definition) is 4. The van der Waals surface area contributed by atoms with E-state index in [9.17, 15) is 18.4 Å². The maximum atomic E-state index is 13.0. The summed E-state index contributed by atoms with van der Waals surface area (Å²) in [5.74, 6) is -2.91. The lowest BCUT2D eigenvalue weighted by molar-refractivity contribution is -0.134. The molecule has 0 bridgehead atoms. The van der Waals surface area contributed by atoms with Crippen molar-refractivity contribution in [1.82, 2.24) is 9.13 Å². The second kappa shape index (κ2) is 13.9. The SMILES string of the molecule is CCC(C)(N)Cn1ccc2cc(F)ccc21.CCC(C)(N)Cn1ccc2cc(F)ccc21.O=C(O)/C=C/C(=O)O. The third-order valence-corrected chi connectivity index (χ3v) is 6.51. The molecule has 2 atom stereocenters. The molecule has 2 aromatic carbocycles. The molecule has 0 aliphatic carbocycles. The number of aromatic nitrogens is 2. The van der Waals surface area contributed by atoms with E-state index < -0.39 is 11.9 Å². The Morgan fingerprint density at radius 2 is 1.10 bits per heavy atom. The Hall–Kier alpha value is -4.02. The molecule has 0 aliphatic heterocycles. The first kappa shape index (κ1) is 32.2. The number of nitrogens with zero attached hydrogens (tertiary/aromatic N) is 2. The maximum Gasteiger partial charge on any atom is 0.328 e. The molecule has 0 aliphatic rings. The third kappa shape index (κ3) is 9.94. The monoisotopic (exact) mass is 556 g/mol. The second-order valence-electron chi connectivity index (χ2n) is 10.3. The summed E-state index contributed by atoms with van der Waals surface area (Å²) in [4.78, 5) is 19.1. The third-order valence-electron chi connectivity index (χ3n) is 6.51. The molecular weight excluding hydrogens is 518 g/mol. The van der Waals surface area contributed by atoms with E-state index in [1.54, 1.807) is 24.3 Å². The second-order valence-corrected chi connectivity index (χ2v) is 10.3. The van der Waals surface area contributed by atoms with Crippen LogP contribution in [0.2, 0.25) is 0 Å². The fourth-order valence-electron chi connectivity index (χ4n) is 3.76. The topological polar surface area (TPSA) is 136 Å². The van der Waals surface area contributed by atoms with Gasteiger partial charge in [-0.2, -0.15) is 0 Å². The summed E-state index contributed by atoms with van der Waals surface area (Å²) in [6.45, 7) is 9.71. The summed E-state index contributed by atoms with van der Waals surface area (Å²) in [7, 11) is 0. The quantitative estimate of drug-likeness (QED) is 0.211. The molecule has 0 fully saturated rings. The Morgan fingerprint density at radius 1 is 0.750 bits per heavy atom. The van der Waals surface area contributed by atoms with Crippen molar-refractivity contribution in [1.29, 1.82) is 0 Å². The predicted molar refractivity (Wildman–Crippen MR) is 154 cm³/mol. The van der Waals surface area contributed by atoms with E-state index in [0.29, 0.717) is 12.2 Å². The molecule has 6 N–H and O–H groups in total. The highest BCUT2D eigenvalue weighted by molar-refractivity contribution is 5.89. The first-order valence-electron chi connectivity index (χ1n) is 12.9. The van der Waals surface area contributed by atoms with Gasteiger partial charge in [-0.3, -0.25) is 0 Å². The van der Waals surface area contributed by atoms with E-state index in [4.69, 9.17) is 21.7 Å². The van der Waals surface area contributed by atoms with E-state index in [1.165, 1.54) is 12.1 Å². The molecule has 0 amide bonds. The van der Waals surface area contributed by atoms with Gasteiger partial charge in [-0.25, -0.2) is 18.4 Å². The Kier molecular flexibility index (Phi) is 11.2. The average molecular weight is 557 g/mol. The van der Waals surface area contributed by atoms with E-state index in [1.807, 2.05) is 38.4 Å². The van der Waals surface area contributed by atoms with Crippen LogP contribution in [-0.4, -0.2) is 42.4 Å². The van der Waals surface area contributed by atoms with Gasteiger partial charge in [-0.1, -0.05) is 13.8 Å². The molecule has 2 heterocycles. The van der Waals surface area contributed by atoms with Gasteiger partial charge in [-0.15, -0.1) is 0 Å². The molecular formula is C30H38F2N4O4. The Morgan fingerprint density at radius 3 is 1.40 bits per heavy atom. The summed E-state index contributed by atoms with van der Waals surface area (Å²) in [6, 6.07) is 13.5. The number of carboxylic acid groups (broad SMARTS) is 2. The van der Waals surface area contributed by atoms with Crippen molar-refractivity contribution >= 4 is 33.7 Å². The van der Waals surface area contributed by atoms with E-state index in [2.05, 4.69) is 23.0 Å². The van der Waals surface area contributed by atoms with Gasteiger partial charge < -0.3 is 30.8 Å². The van der Waals surface area contributed by atoms with Gasteiger partial charge in [0.1, 0.15) is 11.6 Å². The van der Waals surface area contributed by atoms with Crippen LogP contribution < -0.4 is 11.5 Å². The number of nitrogens with two attached hydrogens (primary N) is 2. The number of rotatable bonds is 8. The normalized spacial score (nSPS) is 14.1. The van der Waals surface area contributed by atoms with Gasteiger partial charge in [0.15, 0.2) is 0 Å². The van der Waals surface area contributed by atoms with Crippen molar-refractivity contribution in [3.63, 3.8) is 0 Å². The molecule has 216 valence electrons. The summed E-state index contributed by atoms with van der Waals surface area (Å²) in [5, 5.41) is 17.5. The molecule has 0 radical (unpaired) electrons. The van der Waals surface area contributed by atoms with Gasteiger partial charge in [0.2, 0.25) is 0 Å². The number of fused-ring (bicyclic) bond motifs is 2. The molecule has 10 heteroatoms. The highest BCUT2D eigenvalue weighted by Crippen LogP contribution is 2.21. The van der Waals surface area contributed by atoms with Gasteiger partial charge in [0, 0.05) is 70.5 Å². The molecule has 0 spiro atoms. The van der Waals surface area contributed by atoms with E-state index in [0.717, 1.165) is 47.7 Å². The van der Waals surface area contributed by atoms with Gasteiger partial charge >= 0.3 is 11.9 Å². The largest absolute Gasteiger partial charge is 0.478 e. The van der Waals surface area contributed by atoms with Crippen LogP contribution in [0.3, 0.4) is 0 Å². The fourth-order valence-corrected chi connectivity index (χ4v) is 3.76. The molecule has 40 heavy (non-hydrogen) atoms. The van der Waals surface area contributed by atoms with Crippen molar-refractivity contribution in [2.45, 2.75) is 64.7 Å². The number of aliphatic carboxylic acids is 2. The number of carboxylic acids is 2. The molecule has 4 aromatic rings. The summed E-state index contributed by atoms with van der Waals surface area (Å²) in [6.07, 6.45) is 6.86. The minimum atomic E-state index is -1.26. The summed E-state index contributed by atoms with van der Waals surface area (Å²) < 4.78 is 30.2. The van der Waals surface area contributed by atoms with Crippen LogP contribution in [0.4, 0.5) is 8.78 Å². The van der Waals surface area contributed by atoms with Crippen LogP contribution in [0.5, 0.6) is 0 Å². The minimum Gasteiger partial charge on any atom is -0.478 e. The van der Waals surface area contributed by atoms with Gasteiger partial charge in [0.05, 0.1) is 0 Å². The van der Waals surface area contributed by atoms with Crippen LogP contribution in [0, 0.1) is 11.6 Å². The Labute approximate surface area is 232 Å². The minimum absolute atomic E-state index is 0.198. The summed E-state index contributed by atoms with van der Waals surface area (Å²) >= 11 is 0. The van der Waals surface area contributed by atoms with Crippen molar-refractivity contribution in [3.05, 3.63) is 84.7 Å². The van der Waals surface area contributed by atoms with Crippen LogP contribution in [0.25, 0.3) is 21.8 Å². The van der Waals surface area contributed by atoms with Crippen molar-refractivity contribution in [2.24, 2.45) is 11.5 Å². The number of hydrogen-bond acceptors (Lipinski definition) is 4. The average Bonchev–Trinajstić information content (AvgIpc) is 3.45. The lowest BCUT2D eigenvalue weighted by atomic mass is 10.0. The standard InChI is InChI=1S/2C13H17FN2.C4H4O4/c2*1-3-13(2,15)9-16-7-6-10-8-11(14)4-5-12(10)16;5-3(6)1-2-4(7)8/h2*4-8H,3,9,15H2,1-2H3;1-2H,(H,5,6)(H,7,8)/b;;2-1+. The Bertz CT molecular complexity index is 1360. The highest BCUT2D eigenvalue weighted by Gasteiger charge is 2.18. The lowest BCUT2D eigenvalue weighted by Gasteiger charge is -2.23. The maximum absolute atomic E-state index is 13.0. The Balaban J connectivity index is 0.000000224. The van der Waals surface area contributed by atoms with Crippen LogP contribution in [0.1, 0.15) is 40.5 Å². The zero-order chi connectivity index (χ0) is 30.1. The predicted octanol–water partition coefficient (Wildman–Crippen LogP) is 5.53. The number of benzene rings is 2. The lowest BCUT2D eigenvalue weighted by Crippen LogP contribution is -2.39. The molecule has 0 saturated carbocycles. The molecule has 4 rings (SSSR count).